The second-order valence-corrected chi connectivity index (χ2v) is 5.94. The fraction of sp³-hybridized carbons (Fsp3) is 0.846. The van der Waals surface area contributed by atoms with Gasteiger partial charge >= 0.3 is 5.97 Å². The molecule has 1 aliphatic rings. The summed E-state index contributed by atoms with van der Waals surface area (Å²) >= 11 is 0. The van der Waals surface area contributed by atoms with Crippen molar-refractivity contribution in [1.82, 2.24) is 4.90 Å². The van der Waals surface area contributed by atoms with Gasteiger partial charge in [0.05, 0.1) is 11.7 Å². The van der Waals surface area contributed by atoms with Gasteiger partial charge in [0.1, 0.15) is 13.5 Å². The van der Waals surface area contributed by atoms with Crippen molar-refractivity contribution >= 4 is 11.9 Å². The maximum Gasteiger partial charge on any atom is 0.326 e. The lowest BCUT2D eigenvalue weighted by molar-refractivity contribution is -0.151. The summed E-state index contributed by atoms with van der Waals surface area (Å²) in [5.74, 6) is -1.38. The van der Waals surface area contributed by atoms with Crippen molar-refractivity contribution in [3.63, 3.8) is 0 Å². The number of carboxylic acid groups (broad SMARTS) is 1. The molecule has 3 N–H and O–H groups in total. The lowest BCUT2D eigenvalue weighted by Crippen LogP contribution is -2.53. The zero-order valence-electron chi connectivity index (χ0n) is 13.0. The molecule has 0 spiro atoms. The number of amides is 1. The Morgan fingerprint density at radius 2 is 2.16 bits per heavy atom. The van der Waals surface area contributed by atoms with Crippen LogP contribution >= 0.6 is 0 Å². The van der Waals surface area contributed by atoms with E-state index in [1.54, 1.807) is 6.92 Å². The second-order valence-electron chi connectivity index (χ2n) is 5.94. The largest absolute Gasteiger partial charge is 0.480 e. The van der Waals surface area contributed by atoms with Crippen molar-refractivity contribution in [2.24, 2.45) is 5.73 Å². The summed E-state index contributed by atoms with van der Waals surface area (Å²) in [4.78, 5) is 24.9. The van der Waals surface area contributed by atoms with Crippen LogP contribution in [0, 0.1) is 0 Å². The molecule has 0 radical (unpaired) electrons. The Kier molecular flexibility index (Phi) is 4.42. The molecule has 0 aromatic rings. The fourth-order valence-corrected chi connectivity index (χ4v) is 2.29. The maximum absolute atomic E-state index is 12.4. The van der Waals surface area contributed by atoms with E-state index in [2.05, 4.69) is 5.73 Å². The van der Waals surface area contributed by atoms with Crippen LogP contribution in [0.15, 0.2) is 0 Å². The maximum atomic E-state index is 12.4. The third kappa shape index (κ3) is 4.18. The molecule has 1 amide bonds. The standard InChI is InChI=1S/C13H24N2O4/c1-8(19-13(2,3)4)10(14)11(16)15-7-5-6-9(15)12(17)18/h8-10H,5-7,14H2,1-4H3,(H,17,18)/t8-,9+,10+/m1/s1/i/hD. The van der Waals surface area contributed by atoms with Gasteiger partial charge in [-0.1, -0.05) is 0 Å². The van der Waals surface area contributed by atoms with E-state index in [0.717, 1.165) is 0 Å². The molecule has 6 nitrogen and oxygen atoms in total. The molecule has 0 aromatic carbocycles. The monoisotopic (exact) mass is 273 g/mol. The molecule has 3 atom stereocenters. The van der Waals surface area contributed by atoms with Crippen molar-refractivity contribution < 1.29 is 20.8 Å². The van der Waals surface area contributed by atoms with Gasteiger partial charge in [-0.05, 0) is 40.5 Å². The SMILES string of the molecule is [2H]N[C@H](C(=O)N1CCC[C@H]1C(=O)O)[C@@H](C)OC(C)(C)C. The van der Waals surface area contributed by atoms with Crippen molar-refractivity contribution in [3.8, 4) is 0 Å². The smallest absolute Gasteiger partial charge is 0.326 e. The molecular weight excluding hydrogens is 248 g/mol. The van der Waals surface area contributed by atoms with Crippen LogP contribution in [0.5, 0.6) is 0 Å². The Hall–Kier alpha value is -1.14. The first-order valence-corrected chi connectivity index (χ1v) is 6.55. The van der Waals surface area contributed by atoms with Crippen LogP contribution in [0.3, 0.4) is 0 Å². The van der Waals surface area contributed by atoms with Gasteiger partial charge in [0.25, 0.3) is 0 Å². The van der Waals surface area contributed by atoms with Crippen molar-refractivity contribution in [3.05, 3.63) is 0 Å². The molecule has 6 heteroatoms. The zero-order chi connectivity index (χ0) is 15.5. The first-order chi connectivity index (χ1) is 9.17. The predicted octanol–water partition coefficient (Wildman–Crippen LogP) is 0.593. The number of nitrogens with two attached hydrogens (primary N) is 1. The third-order valence-electron chi connectivity index (χ3n) is 3.10. The summed E-state index contributed by atoms with van der Waals surface area (Å²) in [7, 11) is 0. The molecule has 19 heavy (non-hydrogen) atoms. The number of carboxylic acids is 1. The number of hydrogen-bond donors (Lipinski definition) is 2. The molecule has 0 aliphatic carbocycles. The van der Waals surface area contributed by atoms with Crippen LogP contribution in [0.4, 0.5) is 0 Å². The lowest BCUT2D eigenvalue weighted by Gasteiger charge is -2.31. The van der Waals surface area contributed by atoms with E-state index < -0.39 is 29.8 Å². The number of ether oxygens (including phenoxy) is 1. The van der Waals surface area contributed by atoms with Crippen LogP contribution in [-0.2, 0) is 14.3 Å². The van der Waals surface area contributed by atoms with Gasteiger partial charge in [0, 0.05) is 6.54 Å². The van der Waals surface area contributed by atoms with Crippen molar-refractivity contribution in [2.75, 3.05) is 6.54 Å². The third-order valence-corrected chi connectivity index (χ3v) is 3.10. The van der Waals surface area contributed by atoms with Gasteiger partial charge < -0.3 is 20.5 Å². The highest BCUT2D eigenvalue weighted by molar-refractivity contribution is 5.87. The summed E-state index contributed by atoms with van der Waals surface area (Å²) in [6.45, 7) is 7.72. The first-order valence-electron chi connectivity index (χ1n) is 7.05. The van der Waals surface area contributed by atoms with Gasteiger partial charge in [0.2, 0.25) is 5.91 Å². The Bertz CT molecular complexity index is 370. The molecule has 0 unspecified atom stereocenters. The summed E-state index contributed by atoms with van der Waals surface area (Å²) in [5, 5.41) is 9.12. The van der Waals surface area contributed by atoms with E-state index in [-0.39, 0.29) is 5.91 Å². The molecule has 1 saturated heterocycles. The fourth-order valence-electron chi connectivity index (χ4n) is 2.29. The molecule has 1 aliphatic heterocycles. The quantitative estimate of drug-likeness (QED) is 0.765. The minimum absolute atomic E-state index is 0.387. The minimum Gasteiger partial charge on any atom is -0.480 e. The van der Waals surface area contributed by atoms with Gasteiger partial charge in [-0.15, -0.1) is 0 Å². The Labute approximate surface area is 115 Å². The molecule has 1 fully saturated rings. The van der Waals surface area contributed by atoms with Crippen LogP contribution in [0.1, 0.15) is 40.5 Å². The molecule has 1 heterocycles. The Balaban J connectivity index is 2.78. The summed E-state index contributed by atoms with van der Waals surface area (Å²) < 4.78 is 13.0. The van der Waals surface area contributed by atoms with E-state index in [4.69, 9.17) is 11.3 Å². The number of carbonyl (C=O) groups excluding carboxylic acids is 1. The Morgan fingerprint density at radius 3 is 2.63 bits per heavy atom. The number of nitrogens with zero attached hydrogens (tertiary/aromatic N) is 1. The number of aliphatic carboxylic acids is 1. The van der Waals surface area contributed by atoms with E-state index in [9.17, 15) is 9.59 Å². The average molecular weight is 273 g/mol. The first kappa shape index (κ1) is 14.3. The lowest BCUT2D eigenvalue weighted by atomic mass is 10.1. The molecule has 110 valence electrons. The van der Waals surface area contributed by atoms with Gasteiger partial charge in [-0.3, -0.25) is 4.79 Å². The average Bonchev–Trinajstić information content (AvgIpc) is 2.75. The predicted molar refractivity (Wildman–Crippen MR) is 70.6 cm³/mol. The van der Waals surface area contributed by atoms with E-state index >= 15 is 0 Å². The van der Waals surface area contributed by atoms with E-state index in [1.165, 1.54) is 4.90 Å². The van der Waals surface area contributed by atoms with E-state index in [1.807, 2.05) is 20.8 Å². The number of likely N-dealkylation sites (tertiary alicyclic amines) is 1. The van der Waals surface area contributed by atoms with Crippen LogP contribution in [0.2, 0.25) is 1.41 Å². The van der Waals surface area contributed by atoms with Crippen molar-refractivity contribution in [2.45, 2.75) is 64.3 Å². The summed E-state index contributed by atoms with van der Waals surface area (Å²) in [5.41, 5.74) is 1.76. The molecular formula is C13H24N2O4. The van der Waals surface area contributed by atoms with Gasteiger partial charge in [0.15, 0.2) is 0 Å². The van der Waals surface area contributed by atoms with Crippen LogP contribution < -0.4 is 5.73 Å². The summed E-state index contributed by atoms with van der Waals surface area (Å²) in [6, 6.07) is -1.66. The second kappa shape index (κ2) is 5.88. The topological polar surface area (TPSA) is 92.9 Å². The highest BCUT2D eigenvalue weighted by Gasteiger charge is 2.38. The number of carbonyl (C=O) groups is 2. The van der Waals surface area contributed by atoms with Crippen LogP contribution in [0.25, 0.3) is 0 Å². The van der Waals surface area contributed by atoms with Crippen molar-refractivity contribution in [1.29, 1.82) is 0 Å². The highest BCUT2D eigenvalue weighted by Crippen LogP contribution is 2.20. The van der Waals surface area contributed by atoms with Gasteiger partial charge in [-0.2, -0.15) is 0 Å². The normalized spacial score (nSPS) is 23.9. The Morgan fingerprint density at radius 1 is 1.53 bits per heavy atom. The highest BCUT2D eigenvalue weighted by atomic mass is 16.5. The molecule has 1 rings (SSSR count). The zero-order valence-corrected chi connectivity index (χ0v) is 12.0. The van der Waals surface area contributed by atoms with E-state index in [0.29, 0.717) is 19.4 Å². The van der Waals surface area contributed by atoms with Crippen LogP contribution in [-0.4, -0.2) is 52.2 Å². The number of rotatable bonds is 5. The molecule has 0 aromatic heterocycles. The minimum atomic E-state index is -0.996. The molecule has 0 bridgehead atoms. The number of hydrogen-bond acceptors (Lipinski definition) is 4. The van der Waals surface area contributed by atoms with Gasteiger partial charge in [-0.25, -0.2) is 4.79 Å². The summed E-state index contributed by atoms with van der Waals surface area (Å²) in [6.07, 6.45) is 0.609. The molecule has 0 saturated carbocycles.